The molecule has 0 aromatic carbocycles. The summed E-state index contributed by atoms with van der Waals surface area (Å²) < 4.78 is 3.03. The molecular formula is C11H17N3S. The van der Waals surface area contributed by atoms with Crippen LogP contribution in [0.4, 0.5) is 0 Å². The van der Waals surface area contributed by atoms with E-state index in [4.69, 9.17) is 12.2 Å². The second-order valence-corrected chi connectivity index (χ2v) is 6.05. The van der Waals surface area contributed by atoms with E-state index in [9.17, 15) is 0 Å². The first-order valence-corrected chi connectivity index (χ1v) is 6.14. The second kappa shape index (κ2) is 2.94. The molecule has 15 heavy (non-hydrogen) atoms. The summed E-state index contributed by atoms with van der Waals surface area (Å²) in [6, 6.07) is 0. The van der Waals surface area contributed by atoms with Gasteiger partial charge in [-0.1, -0.05) is 13.8 Å². The molecule has 2 saturated carbocycles. The van der Waals surface area contributed by atoms with Crippen molar-refractivity contribution in [2.45, 2.75) is 45.6 Å². The van der Waals surface area contributed by atoms with Crippen molar-refractivity contribution in [2.75, 3.05) is 0 Å². The molecule has 1 aromatic rings. The monoisotopic (exact) mass is 223 g/mol. The fourth-order valence-corrected chi connectivity index (χ4v) is 2.48. The van der Waals surface area contributed by atoms with Crippen LogP contribution in [0.2, 0.25) is 0 Å². The lowest BCUT2D eigenvalue weighted by Crippen LogP contribution is -2.07. The topological polar surface area (TPSA) is 33.6 Å². The molecule has 0 spiro atoms. The zero-order valence-electron chi connectivity index (χ0n) is 9.29. The van der Waals surface area contributed by atoms with Gasteiger partial charge < -0.3 is 4.57 Å². The van der Waals surface area contributed by atoms with Gasteiger partial charge in [-0.05, 0) is 42.8 Å². The Morgan fingerprint density at radius 1 is 1.53 bits per heavy atom. The van der Waals surface area contributed by atoms with Crippen LogP contribution in [0.15, 0.2) is 0 Å². The molecule has 1 atom stereocenters. The number of rotatable bonds is 3. The Bertz CT molecular complexity index is 439. The van der Waals surface area contributed by atoms with Crippen LogP contribution in [-0.2, 0) is 6.54 Å². The van der Waals surface area contributed by atoms with Gasteiger partial charge in [-0.15, -0.1) is 0 Å². The van der Waals surface area contributed by atoms with Gasteiger partial charge in [-0.25, -0.2) is 0 Å². The van der Waals surface area contributed by atoms with E-state index in [0.29, 0.717) is 11.3 Å². The van der Waals surface area contributed by atoms with E-state index in [0.717, 1.165) is 17.2 Å². The van der Waals surface area contributed by atoms with Gasteiger partial charge in [-0.2, -0.15) is 5.10 Å². The maximum absolute atomic E-state index is 5.29. The summed E-state index contributed by atoms with van der Waals surface area (Å²) >= 11 is 5.29. The van der Waals surface area contributed by atoms with Gasteiger partial charge in [-0.3, -0.25) is 5.10 Å². The Labute approximate surface area is 94.9 Å². The van der Waals surface area contributed by atoms with Crippen molar-refractivity contribution in [3.05, 3.63) is 10.6 Å². The van der Waals surface area contributed by atoms with Crippen molar-refractivity contribution in [3.63, 3.8) is 0 Å². The molecule has 1 aromatic heterocycles. The van der Waals surface area contributed by atoms with Gasteiger partial charge in [0.1, 0.15) is 5.82 Å². The van der Waals surface area contributed by atoms with Gasteiger partial charge >= 0.3 is 0 Å². The normalized spacial score (nSPS) is 28.0. The number of H-pyrrole nitrogens is 1. The SMILES string of the molecule is CC1(C)CC1Cn1c(C2CC2)n[nH]c1=S. The predicted octanol–water partition coefficient (Wildman–Crippen LogP) is 2.86. The minimum absolute atomic E-state index is 0.521. The molecule has 0 bridgehead atoms. The Morgan fingerprint density at radius 2 is 2.20 bits per heavy atom. The average Bonchev–Trinajstić information content (AvgIpc) is 3.03. The highest BCUT2D eigenvalue weighted by molar-refractivity contribution is 7.71. The van der Waals surface area contributed by atoms with Crippen molar-refractivity contribution in [1.29, 1.82) is 0 Å². The smallest absolute Gasteiger partial charge is 0.195 e. The highest BCUT2D eigenvalue weighted by atomic mass is 32.1. The van der Waals surface area contributed by atoms with Crippen molar-refractivity contribution >= 4 is 12.2 Å². The van der Waals surface area contributed by atoms with E-state index in [1.54, 1.807) is 0 Å². The number of nitrogens with zero attached hydrogens (tertiary/aromatic N) is 2. The molecule has 0 amide bonds. The first-order chi connectivity index (χ1) is 7.08. The summed E-state index contributed by atoms with van der Waals surface area (Å²) in [6.45, 7) is 5.73. The lowest BCUT2D eigenvalue weighted by atomic mass is 10.1. The molecule has 2 fully saturated rings. The van der Waals surface area contributed by atoms with Gasteiger partial charge in [0.15, 0.2) is 4.77 Å². The largest absolute Gasteiger partial charge is 0.304 e. The van der Waals surface area contributed by atoms with Crippen molar-refractivity contribution in [1.82, 2.24) is 14.8 Å². The van der Waals surface area contributed by atoms with Gasteiger partial charge in [0.25, 0.3) is 0 Å². The van der Waals surface area contributed by atoms with E-state index in [-0.39, 0.29) is 0 Å². The maximum atomic E-state index is 5.29. The fourth-order valence-electron chi connectivity index (χ4n) is 2.27. The predicted molar refractivity (Wildman–Crippen MR) is 61.3 cm³/mol. The highest BCUT2D eigenvalue weighted by Gasteiger charge is 2.46. The second-order valence-electron chi connectivity index (χ2n) is 5.66. The number of hydrogen-bond donors (Lipinski definition) is 1. The average molecular weight is 223 g/mol. The summed E-state index contributed by atoms with van der Waals surface area (Å²) in [6.07, 6.45) is 3.89. The van der Waals surface area contributed by atoms with Crippen LogP contribution in [0, 0.1) is 16.1 Å². The Morgan fingerprint density at radius 3 is 2.73 bits per heavy atom. The molecule has 2 aliphatic carbocycles. The summed E-state index contributed by atoms with van der Waals surface area (Å²) in [5.41, 5.74) is 0.521. The standard InChI is InChI=1S/C11H17N3S/c1-11(2)5-8(11)6-14-9(7-3-4-7)12-13-10(14)15/h7-8H,3-6H2,1-2H3,(H,13,15). The van der Waals surface area contributed by atoms with Gasteiger partial charge in [0, 0.05) is 12.5 Å². The first-order valence-electron chi connectivity index (χ1n) is 5.73. The molecule has 2 aliphatic rings. The van der Waals surface area contributed by atoms with E-state index >= 15 is 0 Å². The molecule has 0 radical (unpaired) electrons. The molecule has 0 aliphatic heterocycles. The quantitative estimate of drug-likeness (QED) is 0.799. The molecule has 0 saturated heterocycles. The third-order valence-electron chi connectivity index (χ3n) is 3.85. The number of aromatic amines is 1. The molecule has 1 N–H and O–H groups in total. The molecular weight excluding hydrogens is 206 g/mol. The lowest BCUT2D eigenvalue weighted by Gasteiger charge is -2.07. The third-order valence-corrected chi connectivity index (χ3v) is 4.16. The first kappa shape index (κ1) is 9.58. The Hall–Kier alpha value is -0.640. The van der Waals surface area contributed by atoms with Gasteiger partial charge in [0.2, 0.25) is 0 Å². The summed E-state index contributed by atoms with van der Waals surface area (Å²) in [5.74, 6) is 2.67. The third kappa shape index (κ3) is 1.65. The molecule has 1 heterocycles. The van der Waals surface area contributed by atoms with E-state index in [1.165, 1.54) is 25.1 Å². The molecule has 3 rings (SSSR count). The summed E-state index contributed by atoms with van der Waals surface area (Å²) in [5, 5.41) is 7.29. The van der Waals surface area contributed by atoms with Crippen LogP contribution >= 0.6 is 12.2 Å². The van der Waals surface area contributed by atoms with Crippen molar-refractivity contribution in [2.24, 2.45) is 11.3 Å². The molecule has 4 heteroatoms. The summed E-state index contributed by atoms with van der Waals surface area (Å²) in [4.78, 5) is 0. The van der Waals surface area contributed by atoms with Crippen LogP contribution in [0.5, 0.6) is 0 Å². The molecule has 1 unspecified atom stereocenters. The fraction of sp³-hybridized carbons (Fsp3) is 0.818. The van der Waals surface area contributed by atoms with E-state index in [2.05, 4.69) is 28.6 Å². The van der Waals surface area contributed by atoms with Crippen molar-refractivity contribution in [3.8, 4) is 0 Å². The van der Waals surface area contributed by atoms with Crippen LogP contribution in [-0.4, -0.2) is 14.8 Å². The molecule has 82 valence electrons. The zero-order valence-corrected chi connectivity index (χ0v) is 10.1. The minimum Gasteiger partial charge on any atom is -0.304 e. The van der Waals surface area contributed by atoms with Crippen LogP contribution in [0.25, 0.3) is 0 Å². The Balaban J connectivity index is 1.84. The summed E-state index contributed by atoms with van der Waals surface area (Å²) in [7, 11) is 0. The molecule has 3 nitrogen and oxygen atoms in total. The van der Waals surface area contributed by atoms with E-state index < -0.39 is 0 Å². The van der Waals surface area contributed by atoms with E-state index in [1.807, 2.05) is 0 Å². The highest BCUT2D eigenvalue weighted by Crippen LogP contribution is 2.53. The zero-order chi connectivity index (χ0) is 10.6. The Kier molecular flexibility index (Phi) is 1.88. The lowest BCUT2D eigenvalue weighted by molar-refractivity contribution is 0.486. The number of aromatic nitrogens is 3. The van der Waals surface area contributed by atoms with Gasteiger partial charge in [0.05, 0.1) is 0 Å². The van der Waals surface area contributed by atoms with Crippen molar-refractivity contribution < 1.29 is 0 Å². The van der Waals surface area contributed by atoms with Crippen LogP contribution < -0.4 is 0 Å². The minimum atomic E-state index is 0.521. The maximum Gasteiger partial charge on any atom is 0.195 e. The number of nitrogens with one attached hydrogen (secondary N) is 1. The number of hydrogen-bond acceptors (Lipinski definition) is 2. The van der Waals surface area contributed by atoms with Crippen LogP contribution in [0.1, 0.15) is 44.9 Å². The van der Waals surface area contributed by atoms with Crippen LogP contribution in [0.3, 0.4) is 0 Å².